The average molecular weight is 468 g/mol. The van der Waals surface area contributed by atoms with Crippen LogP contribution >= 0.6 is 0 Å². The van der Waals surface area contributed by atoms with Crippen LogP contribution in [0.2, 0.25) is 0 Å². The highest BCUT2D eigenvalue weighted by Gasteiger charge is 2.44. The lowest BCUT2D eigenvalue weighted by Gasteiger charge is -2.38. The molecule has 1 aromatic heterocycles. The van der Waals surface area contributed by atoms with Gasteiger partial charge in [-0.05, 0) is 49.3 Å². The maximum absolute atomic E-state index is 14.1. The number of hydrogen-bond donors (Lipinski definition) is 1. The summed E-state index contributed by atoms with van der Waals surface area (Å²) >= 11 is 0. The van der Waals surface area contributed by atoms with Gasteiger partial charge in [0.25, 0.3) is 0 Å². The molecule has 1 saturated carbocycles. The maximum atomic E-state index is 14.1. The summed E-state index contributed by atoms with van der Waals surface area (Å²) in [7, 11) is 1.63. The van der Waals surface area contributed by atoms with Crippen molar-refractivity contribution < 1.29 is 13.5 Å². The first-order valence-electron chi connectivity index (χ1n) is 11.8. The van der Waals surface area contributed by atoms with Crippen LogP contribution in [0.25, 0.3) is 0 Å². The fourth-order valence-corrected chi connectivity index (χ4v) is 5.61. The molecule has 2 saturated heterocycles. The van der Waals surface area contributed by atoms with Gasteiger partial charge in [0, 0.05) is 50.2 Å². The molecule has 1 aliphatic carbocycles. The third kappa shape index (κ3) is 3.70. The summed E-state index contributed by atoms with van der Waals surface area (Å²) < 4.78 is 33.5. The third-order valence-corrected chi connectivity index (χ3v) is 7.13. The lowest BCUT2D eigenvalue weighted by atomic mass is 9.92. The van der Waals surface area contributed by atoms with Gasteiger partial charge < -0.3 is 9.64 Å². The molecule has 10 heteroatoms. The average Bonchev–Trinajstić information content (AvgIpc) is 3.30. The minimum Gasteiger partial charge on any atom is -0.481 e. The van der Waals surface area contributed by atoms with Crippen LogP contribution in [0.15, 0.2) is 46.5 Å². The normalized spacial score (nSPS) is 27.0. The number of halogens is 2. The van der Waals surface area contributed by atoms with E-state index < -0.39 is 11.6 Å². The van der Waals surface area contributed by atoms with E-state index in [0.29, 0.717) is 41.9 Å². The number of benzene rings is 1. The molecule has 3 fully saturated rings. The van der Waals surface area contributed by atoms with Gasteiger partial charge in [0.15, 0.2) is 0 Å². The minimum absolute atomic E-state index is 0.130. The van der Waals surface area contributed by atoms with E-state index in [1.54, 1.807) is 18.2 Å². The zero-order valence-corrected chi connectivity index (χ0v) is 19.0. The fraction of sp³-hybridized carbons (Fsp3) is 0.458. The lowest BCUT2D eigenvalue weighted by molar-refractivity contribution is 0.348. The van der Waals surface area contributed by atoms with E-state index in [1.807, 2.05) is 17.1 Å². The Kier molecular flexibility index (Phi) is 5.23. The van der Waals surface area contributed by atoms with Gasteiger partial charge in [-0.3, -0.25) is 15.4 Å². The molecule has 2 bridgehead atoms. The van der Waals surface area contributed by atoms with Crippen LogP contribution in [0.3, 0.4) is 0 Å². The predicted molar refractivity (Wildman–Crippen MR) is 126 cm³/mol. The molecule has 0 amide bonds. The monoisotopic (exact) mass is 467 g/mol. The van der Waals surface area contributed by atoms with Crippen molar-refractivity contribution in [3.8, 4) is 5.88 Å². The highest BCUT2D eigenvalue weighted by molar-refractivity contribution is 6.21. The molecule has 1 N–H and O–H groups in total. The van der Waals surface area contributed by atoms with Gasteiger partial charge in [-0.25, -0.2) is 23.7 Å². The van der Waals surface area contributed by atoms with E-state index in [4.69, 9.17) is 9.73 Å². The van der Waals surface area contributed by atoms with Gasteiger partial charge in [-0.2, -0.15) is 0 Å². The molecular formula is C24H27F2N7O. The van der Waals surface area contributed by atoms with Crippen molar-refractivity contribution in [1.29, 1.82) is 0 Å². The summed E-state index contributed by atoms with van der Waals surface area (Å²) in [6.45, 7) is 3.23. The Hall–Kier alpha value is -3.43. The van der Waals surface area contributed by atoms with Crippen LogP contribution in [0.4, 0.5) is 20.2 Å². The van der Waals surface area contributed by atoms with Crippen molar-refractivity contribution in [2.45, 2.75) is 25.3 Å². The maximum Gasteiger partial charge on any atom is 0.227 e. The minimum atomic E-state index is -0.620. The molecule has 178 valence electrons. The first-order chi connectivity index (χ1) is 16.6. The number of methoxy groups -OCH3 is 1. The molecule has 4 heterocycles. The Bertz CT molecular complexity index is 1120. The van der Waals surface area contributed by atoms with Gasteiger partial charge >= 0.3 is 0 Å². The summed E-state index contributed by atoms with van der Waals surface area (Å²) in [6.07, 6.45) is 4.89. The van der Waals surface area contributed by atoms with Crippen molar-refractivity contribution in [2.24, 2.45) is 21.8 Å². The quantitative estimate of drug-likeness (QED) is 0.746. The number of pyridine rings is 1. The number of fused-ring (bicyclic) bond motifs is 3. The smallest absolute Gasteiger partial charge is 0.227 e. The summed E-state index contributed by atoms with van der Waals surface area (Å²) in [6, 6.07) is 7.66. The predicted octanol–water partition coefficient (Wildman–Crippen LogP) is 3.03. The van der Waals surface area contributed by atoms with Gasteiger partial charge in [-0.1, -0.05) is 0 Å². The Morgan fingerprint density at radius 3 is 2.56 bits per heavy atom. The Balaban J connectivity index is 1.30. The van der Waals surface area contributed by atoms with E-state index in [1.165, 1.54) is 12.1 Å². The molecule has 4 aliphatic rings. The number of nitrogens with zero attached hydrogens (tertiary/aromatic N) is 6. The zero-order chi connectivity index (χ0) is 23.2. The van der Waals surface area contributed by atoms with Crippen LogP contribution in [-0.4, -0.2) is 61.2 Å². The Morgan fingerprint density at radius 1 is 1.06 bits per heavy atom. The molecule has 6 rings (SSSR count). The van der Waals surface area contributed by atoms with E-state index >= 15 is 0 Å². The number of guanidine groups is 2. The summed E-state index contributed by atoms with van der Waals surface area (Å²) in [4.78, 5) is 18.2. The third-order valence-electron chi connectivity index (χ3n) is 7.13. The van der Waals surface area contributed by atoms with Gasteiger partial charge in [-0.15, -0.1) is 0 Å². The second-order valence-electron chi connectivity index (χ2n) is 9.26. The van der Waals surface area contributed by atoms with Gasteiger partial charge in [0.2, 0.25) is 17.8 Å². The van der Waals surface area contributed by atoms with Crippen LogP contribution < -0.4 is 20.0 Å². The number of hydrogen-bond acceptors (Lipinski definition) is 6. The standard InChI is InChI=1S/C24H27F2N7O/c1-34-21-12-19(5-7-27-21)31-13-15-3-4-16(14-31)22(15)29-23-30-32-8-2-6-28-24(32)33(23)20-10-17(25)9-18(26)11-20/h5,7,9-12,15-16,22H,2-4,6,8,13-14H2,1H3,(H,29,30). The van der Waals surface area contributed by atoms with Crippen molar-refractivity contribution in [3.63, 3.8) is 0 Å². The molecule has 2 unspecified atom stereocenters. The molecule has 8 nitrogen and oxygen atoms in total. The first kappa shape index (κ1) is 21.1. The van der Waals surface area contributed by atoms with Crippen LogP contribution in [0, 0.1) is 23.5 Å². The second kappa shape index (κ2) is 8.41. The number of anilines is 2. The van der Waals surface area contributed by atoms with Gasteiger partial charge in [0.05, 0.1) is 18.8 Å². The van der Waals surface area contributed by atoms with E-state index in [0.717, 1.165) is 50.7 Å². The number of rotatable bonds is 4. The molecule has 0 radical (unpaired) electrons. The number of aromatic nitrogens is 1. The van der Waals surface area contributed by atoms with Crippen LogP contribution in [0.5, 0.6) is 5.88 Å². The molecule has 2 atom stereocenters. The zero-order valence-electron chi connectivity index (χ0n) is 19.0. The van der Waals surface area contributed by atoms with Gasteiger partial charge in [0.1, 0.15) is 11.6 Å². The van der Waals surface area contributed by atoms with E-state index in [9.17, 15) is 8.78 Å². The summed E-state index contributed by atoms with van der Waals surface area (Å²) in [5, 5.41) is 1.92. The van der Waals surface area contributed by atoms with E-state index in [-0.39, 0.29) is 6.04 Å². The van der Waals surface area contributed by atoms with Crippen molar-refractivity contribution in [2.75, 3.05) is 43.1 Å². The summed E-state index contributed by atoms with van der Waals surface area (Å²) in [5.41, 5.74) is 4.85. The van der Waals surface area contributed by atoms with Crippen molar-refractivity contribution in [1.82, 2.24) is 15.4 Å². The highest BCUT2D eigenvalue weighted by atomic mass is 19.1. The van der Waals surface area contributed by atoms with Crippen molar-refractivity contribution in [3.05, 3.63) is 48.2 Å². The molecule has 1 aromatic carbocycles. The highest BCUT2D eigenvalue weighted by Crippen LogP contribution is 2.41. The Labute approximate surface area is 196 Å². The second-order valence-corrected chi connectivity index (χ2v) is 9.26. The molecule has 0 spiro atoms. The van der Waals surface area contributed by atoms with Crippen molar-refractivity contribution >= 4 is 23.3 Å². The van der Waals surface area contributed by atoms with Crippen LogP contribution in [-0.2, 0) is 0 Å². The first-order valence-corrected chi connectivity index (χ1v) is 11.8. The largest absolute Gasteiger partial charge is 0.481 e. The lowest BCUT2D eigenvalue weighted by Crippen LogP contribution is -2.46. The summed E-state index contributed by atoms with van der Waals surface area (Å²) in [5.74, 6) is 1.37. The van der Waals surface area contributed by atoms with E-state index in [2.05, 4.69) is 20.3 Å². The fourth-order valence-electron chi connectivity index (χ4n) is 5.61. The number of ether oxygens (including phenoxy) is 1. The van der Waals surface area contributed by atoms with Crippen LogP contribution in [0.1, 0.15) is 19.3 Å². The number of hydrazine groups is 1. The molecular weight excluding hydrogens is 440 g/mol. The Morgan fingerprint density at radius 2 is 1.82 bits per heavy atom. The number of piperidine rings is 1. The number of nitrogens with one attached hydrogen (secondary N) is 1. The molecule has 3 aliphatic heterocycles. The molecule has 2 aromatic rings. The SMILES string of the molecule is COc1cc(N2CC3CCC(C2)C3N=C2NN3CCCN=C3N2c2cc(F)cc(F)c2)ccn1. The topological polar surface area (TPSA) is 68.6 Å². The number of aliphatic imine (C=N–C) groups is 2. The molecule has 34 heavy (non-hydrogen) atoms.